The van der Waals surface area contributed by atoms with Crippen molar-refractivity contribution in [1.82, 2.24) is 15.1 Å². The van der Waals surface area contributed by atoms with E-state index in [9.17, 15) is 0 Å². The molecule has 0 amide bonds. The van der Waals surface area contributed by atoms with Gasteiger partial charge >= 0.3 is 0 Å². The molecule has 1 aliphatic rings. The third-order valence-corrected chi connectivity index (χ3v) is 4.81. The molecular weight excluding hydrogens is 266 g/mol. The van der Waals surface area contributed by atoms with Gasteiger partial charge < -0.3 is 10.2 Å². The molecule has 1 aromatic heterocycles. The van der Waals surface area contributed by atoms with E-state index < -0.39 is 0 Å². The minimum atomic E-state index is 0.676. The number of likely N-dealkylation sites (N-methyl/N-ethyl adjacent to an activating group) is 1. The van der Waals surface area contributed by atoms with Crippen LogP contribution in [0.15, 0.2) is 12.1 Å². The maximum atomic E-state index is 5.90. The van der Waals surface area contributed by atoms with Gasteiger partial charge in [0.2, 0.25) is 0 Å². The Morgan fingerprint density at radius 2 is 2.28 bits per heavy atom. The number of nitrogens with one attached hydrogen (secondary N) is 1. The van der Waals surface area contributed by atoms with Gasteiger partial charge in [-0.15, -0.1) is 11.3 Å². The Hall–Kier alpha value is -0.130. The monoisotopic (exact) mass is 287 g/mol. The molecule has 2 heterocycles. The summed E-state index contributed by atoms with van der Waals surface area (Å²) in [7, 11) is 2.21. The zero-order chi connectivity index (χ0) is 13.0. The predicted octanol–water partition coefficient (Wildman–Crippen LogP) is 2.13. The molecule has 1 fully saturated rings. The van der Waals surface area contributed by atoms with Crippen molar-refractivity contribution in [3.8, 4) is 0 Å². The maximum Gasteiger partial charge on any atom is 0.0931 e. The summed E-state index contributed by atoms with van der Waals surface area (Å²) < 4.78 is 0.875. The zero-order valence-corrected chi connectivity index (χ0v) is 12.7. The fourth-order valence-corrected chi connectivity index (χ4v) is 3.28. The molecule has 1 unspecified atom stereocenters. The van der Waals surface area contributed by atoms with Crippen LogP contribution < -0.4 is 5.32 Å². The minimum Gasteiger partial charge on any atom is -0.311 e. The molecule has 0 saturated carbocycles. The second kappa shape index (κ2) is 6.87. The molecule has 0 bridgehead atoms. The van der Waals surface area contributed by atoms with Crippen molar-refractivity contribution in [3.05, 3.63) is 21.3 Å². The lowest BCUT2D eigenvalue weighted by molar-refractivity contribution is 0.106. The molecule has 0 aliphatic carbocycles. The van der Waals surface area contributed by atoms with Gasteiger partial charge in [-0.3, -0.25) is 4.90 Å². The van der Waals surface area contributed by atoms with Crippen LogP contribution in [0.5, 0.6) is 0 Å². The third-order valence-electron chi connectivity index (χ3n) is 3.58. The summed E-state index contributed by atoms with van der Waals surface area (Å²) in [4.78, 5) is 6.28. The summed E-state index contributed by atoms with van der Waals surface area (Å²) in [5, 5.41) is 3.48. The first-order valence-corrected chi connectivity index (χ1v) is 7.72. The predicted molar refractivity (Wildman–Crippen MR) is 79.6 cm³/mol. The number of hydrogen-bond donors (Lipinski definition) is 1. The average Bonchev–Trinajstić information content (AvgIpc) is 2.75. The van der Waals surface area contributed by atoms with Gasteiger partial charge in [-0.25, -0.2) is 0 Å². The second-order valence-electron chi connectivity index (χ2n) is 5.01. The third kappa shape index (κ3) is 4.21. The summed E-state index contributed by atoms with van der Waals surface area (Å²) in [6.07, 6.45) is 0. The van der Waals surface area contributed by atoms with E-state index in [-0.39, 0.29) is 0 Å². The largest absolute Gasteiger partial charge is 0.311 e. The van der Waals surface area contributed by atoms with Crippen LogP contribution >= 0.6 is 22.9 Å². The van der Waals surface area contributed by atoms with Crippen LogP contribution in [0.2, 0.25) is 4.34 Å². The molecular formula is C13H22ClN3S. The molecule has 1 N–H and O–H groups in total. The molecule has 1 atom stereocenters. The lowest BCUT2D eigenvalue weighted by atomic mass is 10.2. The van der Waals surface area contributed by atoms with Crippen molar-refractivity contribution in [3.63, 3.8) is 0 Å². The van der Waals surface area contributed by atoms with E-state index in [0.29, 0.717) is 6.04 Å². The zero-order valence-electron chi connectivity index (χ0n) is 11.2. The normalized spacial score (nSPS) is 22.5. The minimum absolute atomic E-state index is 0.676. The molecule has 3 nitrogen and oxygen atoms in total. The molecule has 0 spiro atoms. The number of rotatable bonds is 5. The Morgan fingerprint density at radius 1 is 1.44 bits per heavy atom. The summed E-state index contributed by atoms with van der Waals surface area (Å²) in [5.74, 6) is 0. The molecule has 0 aromatic carbocycles. The highest BCUT2D eigenvalue weighted by Crippen LogP contribution is 2.20. The molecule has 1 aromatic rings. The van der Waals surface area contributed by atoms with Crippen molar-refractivity contribution in [2.24, 2.45) is 0 Å². The highest BCUT2D eigenvalue weighted by atomic mass is 35.5. The summed E-state index contributed by atoms with van der Waals surface area (Å²) in [6.45, 7) is 8.97. The number of thiophene rings is 1. The maximum absolute atomic E-state index is 5.90. The average molecular weight is 288 g/mol. The van der Waals surface area contributed by atoms with E-state index in [1.165, 1.54) is 24.5 Å². The van der Waals surface area contributed by atoms with Crippen molar-refractivity contribution in [2.45, 2.75) is 19.5 Å². The first-order valence-electron chi connectivity index (χ1n) is 6.52. The summed E-state index contributed by atoms with van der Waals surface area (Å²) in [6, 6.07) is 4.73. The molecule has 102 valence electrons. The highest BCUT2D eigenvalue weighted by molar-refractivity contribution is 7.16. The van der Waals surface area contributed by atoms with E-state index >= 15 is 0 Å². The smallest absolute Gasteiger partial charge is 0.0931 e. The first-order chi connectivity index (χ1) is 8.65. The summed E-state index contributed by atoms with van der Waals surface area (Å²) in [5.41, 5.74) is 0. The molecule has 0 radical (unpaired) electrons. The van der Waals surface area contributed by atoms with E-state index in [1.807, 2.05) is 6.07 Å². The summed E-state index contributed by atoms with van der Waals surface area (Å²) >= 11 is 7.56. The lowest BCUT2D eigenvalue weighted by Crippen LogP contribution is -2.51. The Bertz CT molecular complexity index is 369. The fraction of sp³-hybridized carbons (Fsp3) is 0.692. The Balaban J connectivity index is 1.61. The lowest BCUT2D eigenvalue weighted by Gasteiger charge is -2.37. The van der Waals surface area contributed by atoms with E-state index in [4.69, 9.17) is 11.6 Å². The fourth-order valence-electron chi connectivity index (χ4n) is 2.22. The van der Waals surface area contributed by atoms with E-state index in [1.54, 1.807) is 11.3 Å². The second-order valence-corrected chi connectivity index (χ2v) is 6.81. The number of piperazine rings is 1. The van der Waals surface area contributed by atoms with Crippen molar-refractivity contribution in [1.29, 1.82) is 0 Å². The Kier molecular flexibility index (Phi) is 5.45. The van der Waals surface area contributed by atoms with E-state index in [0.717, 1.165) is 24.0 Å². The van der Waals surface area contributed by atoms with E-state index in [2.05, 4.69) is 35.2 Å². The van der Waals surface area contributed by atoms with Crippen LogP contribution in [0.25, 0.3) is 0 Å². The van der Waals surface area contributed by atoms with Gasteiger partial charge in [0.15, 0.2) is 0 Å². The molecule has 2 rings (SSSR count). The van der Waals surface area contributed by atoms with Gasteiger partial charge in [0.1, 0.15) is 0 Å². The van der Waals surface area contributed by atoms with Crippen molar-refractivity contribution in [2.75, 3.05) is 39.8 Å². The van der Waals surface area contributed by atoms with Crippen LogP contribution in [-0.2, 0) is 6.54 Å². The topological polar surface area (TPSA) is 18.5 Å². The molecule has 5 heteroatoms. The standard InChI is InChI=1S/C13H22ClN3S/c1-11-10-17(8-7-16(11)2)6-5-15-9-12-3-4-13(14)18-12/h3-4,11,15H,5-10H2,1-2H3. The van der Waals surface area contributed by atoms with Gasteiger partial charge in [0, 0.05) is 50.2 Å². The van der Waals surface area contributed by atoms with Crippen molar-refractivity contribution >= 4 is 22.9 Å². The number of nitrogens with zero attached hydrogens (tertiary/aromatic N) is 2. The van der Waals surface area contributed by atoms with Crippen LogP contribution in [0.1, 0.15) is 11.8 Å². The van der Waals surface area contributed by atoms with Crippen molar-refractivity contribution < 1.29 is 0 Å². The van der Waals surface area contributed by atoms with Gasteiger partial charge in [0.25, 0.3) is 0 Å². The van der Waals surface area contributed by atoms with Gasteiger partial charge in [-0.05, 0) is 26.1 Å². The van der Waals surface area contributed by atoms with Crippen LogP contribution in [-0.4, -0.2) is 55.6 Å². The van der Waals surface area contributed by atoms with Crippen LogP contribution in [0, 0.1) is 0 Å². The number of halogens is 1. The molecule has 18 heavy (non-hydrogen) atoms. The number of hydrogen-bond acceptors (Lipinski definition) is 4. The van der Waals surface area contributed by atoms with Crippen LogP contribution in [0.4, 0.5) is 0 Å². The van der Waals surface area contributed by atoms with Gasteiger partial charge in [0.05, 0.1) is 4.34 Å². The van der Waals surface area contributed by atoms with Crippen LogP contribution in [0.3, 0.4) is 0 Å². The quantitative estimate of drug-likeness (QED) is 0.837. The Morgan fingerprint density at radius 3 is 2.94 bits per heavy atom. The molecule has 1 saturated heterocycles. The van der Waals surface area contributed by atoms with Gasteiger partial charge in [-0.2, -0.15) is 0 Å². The van der Waals surface area contributed by atoms with Gasteiger partial charge in [-0.1, -0.05) is 11.6 Å². The SMILES string of the molecule is CC1CN(CCNCc2ccc(Cl)s2)CCN1C. The Labute approximate surface area is 119 Å². The first kappa shape index (κ1) is 14.3. The molecule has 1 aliphatic heterocycles. The highest BCUT2D eigenvalue weighted by Gasteiger charge is 2.19.